The van der Waals surface area contributed by atoms with Crippen LogP contribution in [0, 0.1) is 6.92 Å². The van der Waals surface area contributed by atoms with Gasteiger partial charge in [-0.25, -0.2) is 0 Å². The molecule has 0 aliphatic rings. The molecule has 0 aromatic heterocycles. The maximum absolute atomic E-state index is 9.82. The molecule has 0 radical (unpaired) electrons. The van der Waals surface area contributed by atoms with E-state index in [1.807, 2.05) is 49.4 Å². The van der Waals surface area contributed by atoms with E-state index in [4.69, 9.17) is 5.21 Å². The number of phenols is 1. The van der Waals surface area contributed by atoms with Gasteiger partial charge in [-0.15, -0.1) is 0 Å². The normalized spacial score (nSPS) is 11.5. The van der Waals surface area contributed by atoms with Gasteiger partial charge in [0.15, 0.2) is 0 Å². The van der Waals surface area contributed by atoms with Gasteiger partial charge in [0.05, 0.1) is 5.71 Å². The van der Waals surface area contributed by atoms with E-state index in [9.17, 15) is 5.11 Å². The molecule has 0 fully saturated rings. The summed E-state index contributed by atoms with van der Waals surface area (Å²) < 4.78 is 0. The second-order valence-corrected chi connectivity index (χ2v) is 4.23. The quantitative estimate of drug-likeness (QED) is 0.493. The summed E-state index contributed by atoms with van der Waals surface area (Å²) >= 11 is 0. The van der Waals surface area contributed by atoms with Crippen molar-refractivity contribution in [1.82, 2.24) is 0 Å². The largest absolute Gasteiger partial charge is 0.507 e. The van der Waals surface area contributed by atoms with Crippen molar-refractivity contribution in [3.05, 3.63) is 65.2 Å². The molecule has 2 aromatic carbocycles. The van der Waals surface area contributed by atoms with Gasteiger partial charge >= 0.3 is 0 Å². The highest BCUT2D eigenvalue weighted by atomic mass is 16.4. The average Bonchev–Trinajstić information content (AvgIpc) is 2.40. The molecule has 18 heavy (non-hydrogen) atoms. The molecule has 0 saturated heterocycles. The summed E-state index contributed by atoms with van der Waals surface area (Å²) in [6.45, 7) is 1.93. The topological polar surface area (TPSA) is 52.8 Å². The van der Waals surface area contributed by atoms with Crippen LogP contribution in [0.3, 0.4) is 0 Å². The molecule has 3 nitrogen and oxygen atoms in total. The summed E-state index contributed by atoms with van der Waals surface area (Å²) in [6.07, 6.45) is 0.481. The molecule has 2 N–H and O–H groups in total. The highest BCUT2D eigenvalue weighted by Gasteiger charge is 2.10. The van der Waals surface area contributed by atoms with Gasteiger partial charge in [0, 0.05) is 12.0 Å². The molecular weight excluding hydrogens is 226 g/mol. The van der Waals surface area contributed by atoms with Crippen LogP contribution in [-0.4, -0.2) is 16.0 Å². The highest BCUT2D eigenvalue weighted by molar-refractivity contribution is 6.03. The van der Waals surface area contributed by atoms with E-state index < -0.39 is 0 Å². The first-order valence-corrected chi connectivity index (χ1v) is 5.75. The lowest BCUT2D eigenvalue weighted by atomic mass is 10.00. The van der Waals surface area contributed by atoms with Gasteiger partial charge in [-0.3, -0.25) is 0 Å². The summed E-state index contributed by atoms with van der Waals surface area (Å²) in [6, 6.07) is 14.9. The Morgan fingerprint density at radius 3 is 2.50 bits per heavy atom. The molecule has 0 amide bonds. The molecule has 0 aliphatic heterocycles. The van der Waals surface area contributed by atoms with Gasteiger partial charge in [0.25, 0.3) is 0 Å². The first-order chi connectivity index (χ1) is 8.70. The maximum Gasteiger partial charge on any atom is 0.124 e. The average molecular weight is 241 g/mol. The SMILES string of the molecule is Cc1ccc(O)c(C(Cc2ccccc2)=NO)c1. The third-order valence-corrected chi connectivity index (χ3v) is 2.80. The molecule has 0 spiro atoms. The summed E-state index contributed by atoms with van der Waals surface area (Å²) in [5.41, 5.74) is 3.08. The molecule has 0 aliphatic carbocycles. The van der Waals surface area contributed by atoms with Crippen LogP contribution in [-0.2, 0) is 6.42 Å². The fourth-order valence-electron chi connectivity index (χ4n) is 1.85. The highest BCUT2D eigenvalue weighted by Crippen LogP contribution is 2.20. The lowest BCUT2D eigenvalue weighted by Crippen LogP contribution is -2.06. The van der Waals surface area contributed by atoms with Crippen molar-refractivity contribution in [3.8, 4) is 5.75 Å². The van der Waals surface area contributed by atoms with E-state index in [0.29, 0.717) is 17.7 Å². The first kappa shape index (κ1) is 12.2. The molecule has 0 unspecified atom stereocenters. The third kappa shape index (κ3) is 2.69. The Balaban J connectivity index is 2.32. The summed E-state index contributed by atoms with van der Waals surface area (Å²) in [7, 11) is 0. The smallest absolute Gasteiger partial charge is 0.124 e. The Labute approximate surface area is 106 Å². The van der Waals surface area contributed by atoms with Crippen LogP contribution in [0.4, 0.5) is 0 Å². The van der Waals surface area contributed by atoms with Gasteiger partial charge in [0.1, 0.15) is 5.75 Å². The van der Waals surface area contributed by atoms with Crippen LogP contribution in [0.5, 0.6) is 5.75 Å². The zero-order chi connectivity index (χ0) is 13.0. The van der Waals surface area contributed by atoms with Crippen molar-refractivity contribution in [2.24, 2.45) is 5.16 Å². The third-order valence-electron chi connectivity index (χ3n) is 2.80. The summed E-state index contributed by atoms with van der Waals surface area (Å²) in [5.74, 6) is 0.129. The van der Waals surface area contributed by atoms with Crippen molar-refractivity contribution in [2.45, 2.75) is 13.3 Å². The predicted molar refractivity (Wildman–Crippen MR) is 71.3 cm³/mol. The van der Waals surface area contributed by atoms with Gasteiger partial charge < -0.3 is 10.3 Å². The Morgan fingerprint density at radius 1 is 1.11 bits per heavy atom. The zero-order valence-corrected chi connectivity index (χ0v) is 10.2. The Kier molecular flexibility index (Phi) is 3.63. The van der Waals surface area contributed by atoms with E-state index in [-0.39, 0.29) is 5.75 Å². The molecule has 3 heteroatoms. The van der Waals surface area contributed by atoms with Crippen molar-refractivity contribution in [3.63, 3.8) is 0 Å². The van der Waals surface area contributed by atoms with Gasteiger partial charge in [-0.1, -0.05) is 47.1 Å². The number of hydrogen-bond donors (Lipinski definition) is 2. The van der Waals surface area contributed by atoms with E-state index in [0.717, 1.165) is 11.1 Å². The number of aromatic hydroxyl groups is 1. The van der Waals surface area contributed by atoms with Gasteiger partial charge in [-0.05, 0) is 24.6 Å². The number of hydrogen-bond acceptors (Lipinski definition) is 3. The van der Waals surface area contributed by atoms with E-state index >= 15 is 0 Å². The Hall–Kier alpha value is -2.29. The van der Waals surface area contributed by atoms with Crippen LogP contribution < -0.4 is 0 Å². The Bertz CT molecular complexity index is 562. The van der Waals surface area contributed by atoms with Crippen LogP contribution >= 0.6 is 0 Å². The van der Waals surface area contributed by atoms with Gasteiger partial charge in [0.2, 0.25) is 0 Å². The maximum atomic E-state index is 9.82. The van der Waals surface area contributed by atoms with Crippen molar-refractivity contribution in [1.29, 1.82) is 0 Å². The number of oxime groups is 1. The van der Waals surface area contributed by atoms with Crippen molar-refractivity contribution < 1.29 is 10.3 Å². The summed E-state index contributed by atoms with van der Waals surface area (Å²) in [4.78, 5) is 0. The molecule has 2 rings (SSSR count). The van der Waals surface area contributed by atoms with Crippen molar-refractivity contribution in [2.75, 3.05) is 0 Å². The van der Waals surface area contributed by atoms with Crippen molar-refractivity contribution >= 4 is 5.71 Å². The van der Waals surface area contributed by atoms with E-state index in [1.165, 1.54) is 0 Å². The predicted octanol–water partition coefficient (Wildman–Crippen LogP) is 3.12. The summed E-state index contributed by atoms with van der Waals surface area (Å²) in [5, 5.41) is 22.3. The number of aryl methyl sites for hydroxylation is 1. The monoisotopic (exact) mass is 241 g/mol. The number of rotatable bonds is 3. The van der Waals surface area contributed by atoms with Crippen LogP contribution in [0.15, 0.2) is 53.7 Å². The number of benzene rings is 2. The molecule has 2 aromatic rings. The molecule has 92 valence electrons. The second-order valence-electron chi connectivity index (χ2n) is 4.23. The first-order valence-electron chi connectivity index (χ1n) is 5.75. The zero-order valence-electron chi connectivity index (χ0n) is 10.2. The molecule has 0 saturated carbocycles. The van der Waals surface area contributed by atoms with E-state index in [2.05, 4.69) is 5.16 Å². The number of nitrogens with zero attached hydrogens (tertiary/aromatic N) is 1. The fraction of sp³-hybridized carbons (Fsp3) is 0.133. The second kappa shape index (κ2) is 5.36. The van der Waals surface area contributed by atoms with Gasteiger partial charge in [-0.2, -0.15) is 0 Å². The number of phenolic OH excluding ortho intramolecular Hbond substituents is 1. The lowest BCUT2D eigenvalue weighted by molar-refractivity contribution is 0.318. The fourth-order valence-corrected chi connectivity index (χ4v) is 1.85. The molecule has 0 bridgehead atoms. The van der Waals surface area contributed by atoms with E-state index in [1.54, 1.807) is 6.07 Å². The lowest BCUT2D eigenvalue weighted by Gasteiger charge is -2.08. The molecular formula is C15H15NO2. The minimum atomic E-state index is 0.129. The standard InChI is InChI=1S/C15H15NO2/c1-11-7-8-15(17)13(9-11)14(16-18)10-12-5-3-2-4-6-12/h2-9,17-18H,10H2,1H3. The van der Waals surface area contributed by atoms with Crippen LogP contribution in [0.2, 0.25) is 0 Å². The minimum Gasteiger partial charge on any atom is -0.507 e. The minimum absolute atomic E-state index is 0.129. The van der Waals surface area contributed by atoms with Crippen LogP contribution in [0.1, 0.15) is 16.7 Å². The Morgan fingerprint density at radius 2 is 1.83 bits per heavy atom. The molecule has 0 atom stereocenters. The molecule has 0 heterocycles. The van der Waals surface area contributed by atoms with Crippen LogP contribution in [0.25, 0.3) is 0 Å².